The first-order valence-corrected chi connectivity index (χ1v) is 11.3. The van der Waals surface area contributed by atoms with E-state index in [1.165, 1.54) is 63.1 Å². The summed E-state index contributed by atoms with van der Waals surface area (Å²) in [7, 11) is 0. The summed E-state index contributed by atoms with van der Waals surface area (Å²) in [5.41, 5.74) is 2.68. The van der Waals surface area contributed by atoms with Gasteiger partial charge in [-0.2, -0.15) is 0 Å². The molecule has 2 unspecified atom stereocenters. The highest BCUT2D eigenvalue weighted by atomic mass is 127. The van der Waals surface area contributed by atoms with Crippen LogP contribution in [-0.4, -0.2) is 56.7 Å². The third-order valence-corrected chi connectivity index (χ3v) is 6.10. The van der Waals surface area contributed by atoms with E-state index >= 15 is 0 Å². The van der Waals surface area contributed by atoms with Crippen molar-refractivity contribution in [1.82, 2.24) is 15.5 Å². The summed E-state index contributed by atoms with van der Waals surface area (Å²) in [4.78, 5) is 9.98. The number of likely N-dealkylation sites (tertiary alicyclic amines) is 1. The highest BCUT2D eigenvalue weighted by Gasteiger charge is 2.19. The molecule has 2 fully saturated rings. The number of halogens is 1. The minimum absolute atomic E-state index is 0. The van der Waals surface area contributed by atoms with Crippen LogP contribution < -0.4 is 15.5 Å². The summed E-state index contributed by atoms with van der Waals surface area (Å²) in [6, 6.07) is 9.22. The summed E-state index contributed by atoms with van der Waals surface area (Å²) in [6.07, 6.45) is 5.22. The molecule has 0 spiro atoms. The Labute approximate surface area is 194 Å². The molecular formula is C23H40IN5. The second kappa shape index (κ2) is 12.6. The van der Waals surface area contributed by atoms with Crippen LogP contribution in [0.2, 0.25) is 0 Å². The number of aliphatic imine (C=N–C) groups is 1. The lowest BCUT2D eigenvalue weighted by atomic mass is 9.98. The molecule has 2 N–H and O–H groups in total. The van der Waals surface area contributed by atoms with E-state index in [1.54, 1.807) is 0 Å². The maximum atomic E-state index is 4.93. The van der Waals surface area contributed by atoms with Crippen LogP contribution in [-0.2, 0) is 0 Å². The normalized spacial score (nSPS) is 21.6. The molecule has 0 amide bonds. The lowest BCUT2D eigenvalue weighted by molar-refractivity contribution is 0.186. The van der Waals surface area contributed by atoms with E-state index in [0.29, 0.717) is 5.92 Å². The highest BCUT2D eigenvalue weighted by molar-refractivity contribution is 14.0. The predicted molar refractivity (Wildman–Crippen MR) is 136 cm³/mol. The molecule has 5 nitrogen and oxygen atoms in total. The molecule has 0 aromatic heterocycles. The smallest absolute Gasteiger partial charge is 0.191 e. The SMILES string of the molecule is CCNC(=NCC1CCCN(CC)C1)NC(C)c1cccc(N2CCCC2)c1.I. The van der Waals surface area contributed by atoms with Crippen LogP contribution in [0, 0.1) is 5.92 Å². The molecule has 164 valence electrons. The lowest BCUT2D eigenvalue weighted by Crippen LogP contribution is -2.40. The quantitative estimate of drug-likeness (QED) is 0.325. The van der Waals surface area contributed by atoms with E-state index in [1.807, 2.05) is 0 Å². The molecule has 29 heavy (non-hydrogen) atoms. The summed E-state index contributed by atoms with van der Waals surface area (Å²) in [5.74, 6) is 1.62. The zero-order valence-corrected chi connectivity index (χ0v) is 20.8. The third-order valence-electron chi connectivity index (χ3n) is 6.10. The number of anilines is 1. The fourth-order valence-electron chi connectivity index (χ4n) is 4.38. The molecule has 0 radical (unpaired) electrons. The van der Waals surface area contributed by atoms with E-state index in [0.717, 1.165) is 25.6 Å². The number of hydrogen-bond donors (Lipinski definition) is 2. The summed E-state index contributed by atoms with van der Waals surface area (Å²) >= 11 is 0. The van der Waals surface area contributed by atoms with Crippen molar-refractivity contribution in [3.05, 3.63) is 29.8 Å². The molecule has 2 atom stereocenters. The van der Waals surface area contributed by atoms with Gasteiger partial charge < -0.3 is 20.4 Å². The molecule has 6 heteroatoms. The van der Waals surface area contributed by atoms with Gasteiger partial charge in [-0.1, -0.05) is 19.1 Å². The minimum Gasteiger partial charge on any atom is -0.372 e. The van der Waals surface area contributed by atoms with Crippen LogP contribution >= 0.6 is 24.0 Å². The van der Waals surface area contributed by atoms with Gasteiger partial charge in [0.2, 0.25) is 0 Å². The van der Waals surface area contributed by atoms with Crippen molar-refractivity contribution < 1.29 is 0 Å². The number of nitrogens with zero attached hydrogens (tertiary/aromatic N) is 3. The van der Waals surface area contributed by atoms with Crippen molar-refractivity contribution in [1.29, 1.82) is 0 Å². The fraction of sp³-hybridized carbons (Fsp3) is 0.696. The second-order valence-electron chi connectivity index (χ2n) is 8.28. The molecule has 0 aliphatic carbocycles. The Morgan fingerprint density at radius 3 is 2.69 bits per heavy atom. The van der Waals surface area contributed by atoms with Crippen LogP contribution in [0.4, 0.5) is 5.69 Å². The van der Waals surface area contributed by atoms with Gasteiger partial charge in [0.15, 0.2) is 5.96 Å². The summed E-state index contributed by atoms with van der Waals surface area (Å²) in [5, 5.41) is 7.06. The van der Waals surface area contributed by atoms with Crippen LogP contribution in [0.5, 0.6) is 0 Å². The topological polar surface area (TPSA) is 42.9 Å². The first-order valence-electron chi connectivity index (χ1n) is 11.3. The van der Waals surface area contributed by atoms with Gasteiger partial charge in [-0.3, -0.25) is 4.99 Å². The minimum atomic E-state index is 0. The predicted octanol–water partition coefficient (Wildman–Crippen LogP) is 4.25. The largest absolute Gasteiger partial charge is 0.372 e. The van der Waals surface area contributed by atoms with Crippen LogP contribution in [0.3, 0.4) is 0 Å². The van der Waals surface area contributed by atoms with E-state index < -0.39 is 0 Å². The number of piperidine rings is 1. The van der Waals surface area contributed by atoms with Crippen molar-refractivity contribution in [2.24, 2.45) is 10.9 Å². The molecular weight excluding hydrogens is 473 g/mol. The molecule has 3 rings (SSSR count). The molecule has 1 aromatic carbocycles. The Morgan fingerprint density at radius 2 is 1.97 bits per heavy atom. The average Bonchev–Trinajstić information content (AvgIpc) is 3.27. The maximum absolute atomic E-state index is 4.93. The maximum Gasteiger partial charge on any atom is 0.191 e. The zero-order chi connectivity index (χ0) is 19.8. The number of hydrogen-bond acceptors (Lipinski definition) is 3. The third kappa shape index (κ3) is 7.31. The highest BCUT2D eigenvalue weighted by Crippen LogP contribution is 2.24. The van der Waals surface area contributed by atoms with Crippen molar-refractivity contribution in [3.63, 3.8) is 0 Å². The Bertz CT molecular complexity index is 629. The zero-order valence-electron chi connectivity index (χ0n) is 18.5. The van der Waals surface area contributed by atoms with Gasteiger partial charge in [0.1, 0.15) is 0 Å². The van der Waals surface area contributed by atoms with Gasteiger partial charge in [-0.15, -0.1) is 24.0 Å². The molecule has 0 saturated carbocycles. The number of guanidine groups is 1. The molecule has 2 heterocycles. The Kier molecular flexibility index (Phi) is 10.6. The van der Waals surface area contributed by atoms with Crippen molar-refractivity contribution in [2.75, 3.05) is 50.7 Å². The number of nitrogens with one attached hydrogen (secondary N) is 2. The standard InChI is InChI=1S/C23H39N5.HI/c1-4-24-23(25-17-20-10-9-13-27(5-2)18-20)26-19(3)21-11-8-12-22(16-21)28-14-6-7-15-28;/h8,11-12,16,19-20H,4-7,9-10,13-15,17-18H2,1-3H3,(H2,24,25,26);1H. The van der Waals surface area contributed by atoms with Gasteiger partial charge in [0.25, 0.3) is 0 Å². The summed E-state index contributed by atoms with van der Waals surface area (Å²) in [6.45, 7) is 14.4. The van der Waals surface area contributed by atoms with Crippen molar-refractivity contribution in [3.8, 4) is 0 Å². The number of benzene rings is 1. The molecule has 2 aliphatic rings. The van der Waals surface area contributed by atoms with E-state index in [2.05, 4.69) is 65.5 Å². The van der Waals surface area contributed by atoms with E-state index in [4.69, 9.17) is 4.99 Å². The van der Waals surface area contributed by atoms with E-state index in [-0.39, 0.29) is 30.0 Å². The van der Waals surface area contributed by atoms with Crippen molar-refractivity contribution in [2.45, 2.75) is 52.5 Å². The molecule has 0 bridgehead atoms. The van der Waals surface area contributed by atoms with Gasteiger partial charge in [0.05, 0.1) is 6.04 Å². The Hall–Kier alpha value is -1.02. The van der Waals surface area contributed by atoms with Gasteiger partial charge in [-0.05, 0) is 76.2 Å². The Balaban J connectivity index is 0.00000300. The van der Waals surface area contributed by atoms with Gasteiger partial charge in [-0.25, -0.2) is 0 Å². The number of rotatable bonds is 7. The first-order chi connectivity index (χ1) is 13.7. The average molecular weight is 514 g/mol. The van der Waals surface area contributed by atoms with Crippen LogP contribution in [0.1, 0.15) is 58.1 Å². The summed E-state index contributed by atoms with van der Waals surface area (Å²) < 4.78 is 0. The van der Waals surface area contributed by atoms with Crippen LogP contribution in [0.15, 0.2) is 29.3 Å². The van der Waals surface area contributed by atoms with Crippen molar-refractivity contribution >= 4 is 35.6 Å². The second-order valence-corrected chi connectivity index (χ2v) is 8.28. The monoisotopic (exact) mass is 513 g/mol. The fourth-order valence-corrected chi connectivity index (χ4v) is 4.38. The first kappa shape index (κ1) is 24.3. The van der Waals surface area contributed by atoms with Gasteiger partial charge >= 0.3 is 0 Å². The van der Waals surface area contributed by atoms with E-state index in [9.17, 15) is 0 Å². The van der Waals surface area contributed by atoms with Crippen LogP contribution in [0.25, 0.3) is 0 Å². The van der Waals surface area contributed by atoms with Gasteiger partial charge in [0, 0.05) is 38.4 Å². The molecule has 2 saturated heterocycles. The lowest BCUT2D eigenvalue weighted by Gasteiger charge is -2.31. The molecule has 1 aromatic rings. The molecule has 2 aliphatic heterocycles. The Morgan fingerprint density at radius 1 is 1.17 bits per heavy atom.